The predicted molar refractivity (Wildman–Crippen MR) is 124 cm³/mol. The largest absolute Gasteiger partial charge is 0.416 e. The first-order valence-corrected chi connectivity index (χ1v) is 10.4. The summed E-state index contributed by atoms with van der Waals surface area (Å²) in [5.41, 5.74) is 4.50. The van der Waals surface area contributed by atoms with E-state index in [-0.39, 0.29) is 30.2 Å². The van der Waals surface area contributed by atoms with Gasteiger partial charge in [0, 0.05) is 12.6 Å². The summed E-state index contributed by atoms with van der Waals surface area (Å²) in [5.74, 6) is -0.853. The van der Waals surface area contributed by atoms with Crippen LogP contribution in [0.2, 0.25) is 0 Å². The van der Waals surface area contributed by atoms with E-state index in [0.717, 1.165) is 33.2 Å². The quantitative estimate of drug-likeness (QED) is 0.513. The van der Waals surface area contributed by atoms with Crippen molar-refractivity contribution in [2.45, 2.75) is 26.1 Å². The highest BCUT2D eigenvalue weighted by molar-refractivity contribution is 6.05. The number of aromatic nitrogens is 2. The molecule has 0 saturated heterocycles. The van der Waals surface area contributed by atoms with Crippen LogP contribution < -0.4 is 21.9 Å². The number of nitrogens with one attached hydrogen (secondary N) is 1. The number of nitrogens with zero attached hydrogens (tertiary/aromatic N) is 2. The average Bonchev–Trinajstić information content (AvgIpc) is 2.80. The van der Waals surface area contributed by atoms with Gasteiger partial charge in [0.25, 0.3) is 11.5 Å². The Morgan fingerprint density at radius 3 is 2.47 bits per heavy atom. The molecule has 34 heavy (non-hydrogen) atoms. The van der Waals surface area contributed by atoms with Crippen LogP contribution in [0, 0.1) is 0 Å². The van der Waals surface area contributed by atoms with Crippen molar-refractivity contribution in [3.8, 4) is 0 Å². The highest BCUT2D eigenvalue weighted by Crippen LogP contribution is 2.29. The molecule has 0 aliphatic carbocycles. The van der Waals surface area contributed by atoms with Gasteiger partial charge in [0.15, 0.2) is 5.69 Å². The summed E-state index contributed by atoms with van der Waals surface area (Å²) in [6.45, 7) is 1.95. The Kier molecular flexibility index (Phi) is 7.40. The minimum atomic E-state index is -4.52. The summed E-state index contributed by atoms with van der Waals surface area (Å²) in [7, 11) is 0. The number of carbonyl (C=O) groups is 1. The molecular weight excluding hydrogens is 449 g/mol. The Balaban J connectivity index is 1.98. The van der Waals surface area contributed by atoms with Gasteiger partial charge in [0.2, 0.25) is 0 Å². The van der Waals surface area contributed by atoms with Crippen molar-refractivity contribution in [1.82, 2.24) is 9.55 Å². The Morgan fingerprint density at radius 1 is 1.12 bits per heavy atom. The maximum absolute atomic E-state index is 13.0. The molecule has 0 aliphatic rings. The fourth-order valence-electron chi connectivity index (χ4n) is 3.39. The van der Waals surface area contributed by atoms with Gasteiger partial charge in [-0.2, -0.15) is 13.2 Å². The Labute approximate surface area is 193 Å². The minimum absolute atomic E-state index is 0.0729. The monoisotopic (exact) mass is 472 g/mol. The zero-order chi connectivity index (χ0) is 24.9. The van der Waals surface area contributed by atoms with E-state index < -0.39 is 28.9 Å². The number of benzene rings is 2. The number of amides is 1. The van der Waals surface area contributed by atoms with E-state index in [0.29, 0.717) is 6.42 Å². The van der Waals surface area contributed by atoms with Crippen molar-refractivity contribution in [2.75, 3.05) is 17.2 Å². The number of alkyl halides is 3. The second-order valence-electron chi connectivity index (χ2n) is 7.51. The first kappa shape index (κ1) is 24.6. The van der Waals surface area contributed by atoms with Crippen LogP contribution in [0.3, 0.4) is 0 Å². The van der Waals surface area contributed by atoms with Crippen LogP contribution >= 0.6 is 0 Å². The van der Waals surface area contributed by atoms with Gasteiger partial charge < -0.3 is 10.6 Å². The molecule has 2 aromatic carbocycles. The lowest BCUT2D eigenvalue weighted by Crippen LogP contribution is -2.41. The summed E-state index contributed by atoms with van der Waals surface area (Å²) in [6, 6.07) is 13.4. The lowest BCUT2D eigenvalue weighted by atomic mass is 10.1. The zero-order valence-corrected chi connectivity index (χ0v) is 18.3. The predicted octanol–water partition coefficient (Wildman–Crippen LogP) is 3.64. The molecule has 0 atom stereocenters. The zero-order valence-electron chi connectivity index (χ0n) is 18.3. The third kappa shape index (κ3) is 5.64. The van der Waals surface area contributed by atoms with Gasteiger partial charge >= 0.3 is 11.9 Å². The standard InChI is InChI=1S/C24H23F3N4O3/c1-2-13-30(19(32)12-11-16-9-6-10-18(14-16)24(25,26)27)20-21(28)31(23(34)29-22(20)33)15-17-7-4-3-5-8-17/h3-12,14H,2,13,15,28H2,1H3,(H,29,33,34)/b12-11+. The molecular formula is C24H23F3N4O3. The minimum Gasteiger partial charge on any atom is -0.383 e. The summed E-state index contributed by atoms with van der Waals surface area (Å²) < 4.78 is 40.0. The molecule has 0 spiro atoms. The van der Waals surface area contributed by atoms with Gasteiger partial charge in [-0.3, -0.25) is 19.1 Å². The smallest absolute Gasteiger partial charge is 0.383 e. The molecule has 3 rings (SSSR count). The van der Waals surface area contributed by atoms with E-state index in [1.165, 1.54) is 18.2 Å². The van der Waals surface area contributed by atoms with Crippen LogP contribution in [0.4, 0.5) is 24.7 Å². The van der Waals surface area contributed by atoms with Gasteiger partial charge in [-0.05, 0) is 35.8 Å². The molecule has 0 aliphatic heterocycles. The van der Waals surface area contributed by atoms with E-state index in [9.17, 15) is 27.6 Å². The SMILES string of the molecule is CCCN(C(=O)/C=C/c1cccc(C(F)(F)F)c1)c1c(N)n(Cc2ccccc2)c(=O)[nH]c1=O. The topological polar surface area (TPSA) is 101 Å². The number of nitrogens with two attached hydrogens (primary N) is 1. The second-order valence-corrected chi connectivity index (χ2v) is 7.51. The fraction of sp³-hybridized carbons (Fsp3) is 0.208. The van der Waals surface area contributed by atoms with Crippen LogP contribution in [0.25, 0.3) is 6.08 Å². The molecule has 1 heterocycles. The van der Waals surface area contributed by atoms with Gasteiger partial charge in [-0.25, -0.2) is 4.79 Å². The summed E-state index contributed by atoms with van der Waals surface area (Å²) >= 11 is 0. The first-order chi connectivity index (χ1) is 16.1. The van der Waals surface area contributed by atoms with E-state index in [4.69, 9.17) is 5.73 Å². The number of H-pyrrole nitrogens is 1. The van der Waals surface area contributed by atoms with Gasteiger partial charge in [-0.15, -0.1) is 0 Å². The van der Waals surface area contributed by atoms with Crippen molar-refractivity contribution in [1.29, 1.82) is 0 Å². The highest BCUT2D eigenvalue weighted by Gasteiger charge is 2.30. The number of aromatic amines is 1. The molecule has 10 heteroatoms. The maximum Gasteiger partial charge on any atom is 0.416 e. The van der Waals surface area contributed by atoms with Crippen LogP contribution in [0.1, 0.15) is 30.0 Å². The van der Waals surface area contributed by atoms with Crippen molar-refractivity contribution in [2.24, 2.45) is 0 Å². The first-order valence-electron chi connectivity index (χ1n) is 10.4. The molecule has 3 N–H and O–H groups in total. The number of hydrogen-bond donors (Lipinski definition) is 2. The van der Waals surface area contributed by atoms with Crippen LogP contribution in [-0.2, 0) is 17.5 Å². The van der Waals surface area contributed by atoms with Crippen LogP contribution in [0.5, 0.6) is 0 Å². The maximum atomic E-state index is 13.0. The number of hydrogen-bond acceptors (Lipinski definition) is 4. The number of halogens is 3. The average molecular weight is 472 g/mol. The summed E-state index contributed by atoms with van der Waals surface area (Å²) in [4.78, 5) is 41.3. The molecule has 0 saturated carbocycles. The van der Waals surface area contributed by atoms with E-state index >= 15 is 0 Å². The normalized spacial score (nSPS) is 11.6. The van der Waals surface area contributed by atoms with Crippen molar-refractivity contribution in [3.05, 3.63) is 98.2 Å². The highest BCUT2D eigenvalue weighted by atomic mass is 19.4. The van der Waals surface area contributed by atoms with E-state index in [2.05, 4.69) is 4.98 Å². The number of rotatable bonds is 7. The Bertz CT molecular complexity index is 1310. The van der Waals surface area contributed by atoms with E-state index in [1.807, 2.05) is 6.07 Å². The van der Waals surface area contributed by atoms with Gasteiger partial charge in [0.1, 0.15) is 5.82 Å². The molecule has 178 valence electrons. The molecule has 1 amide bonds. The summed E-state index contributed by atoms with van der Waals surface area (Å²) in [6.07, 6.45) is -1.77. The Morgan fingerprint density at radius 2 is 1.82 bits per heavy atom. The third-order valence-corrected chi connectivity index (χ3v) is 5.01. The fourth-order valence-corrected chi connectivity index (χ4v) is 3.39. The number of anilines is 2. The second kappa shape index (κ2) is 10.2. The van der Waals surface area contributed by atoms with Crippen LogP contribution in [-0.4, -0.2) is 22.0 Å². The third-order valence-electron chi connectivity index (χ3n) is 5.01. The lowest BCUT2D eigenvalue weighted by molar-refractivity contribution is -0.137. The summed E-state index contributed by atoms with van der Waals surface area (Å²) in [5, 5.41) is 0. The molecule has 7 nitrogen and oxygen atoms in total. The van der Waals surface area contributed by atoms with E-state index in [1.54, 1.807) is 31.2 Å². The Hall–Kier alpha value is -4.08. The molecule has 0 unspecified atom stereocenters. The van der Waals surface area contributed by atoms with Gasteiger partial charge in [-0.1, -0.05) is 49.4 Å². The number of nitrogen functional groups attached to an aromatic ring is 1. The number of carbonyl (C=O) groups excluding carboxylic acids is 1. The molecule has 0 radical (unpaired) electrons. The van der Waals surface area contributed by atoms with Crippen molar-refractivity contribution < 1.29 is 18.0 Å². The molecule has 1 aromatic heterocycles. The molecule has 0 bridgehead atoms. The van der Waals surface area contributed by atoms with Crippen LogP contribution in [0.15, 0.2) is 70.3 Å². The van der Waals surface area contributed by atoms with Gasteiger partial charge in [0.05, 0.1) is 12.1 Å². The molecule has 0 fully saturated rings. The lowest BCUT2D eigenvalue weighted by Gasteiger charge is -2.23. The molecule has 3 aromatic rings. The van der Waals surface area contributed by atoms with Crippen molar-refractivity contribution >= 4 is 23.5 Å². The van der Waals surface area contributed by atoms with Crippen molar-refractivity contribution in [3.63, 3.8) is 0 Å².